The molecule has 0 amide bonds. The van der Waals surface area contributed by atoms with Gasteiger partial charge in [0.25, 0.3) is 0 Å². The molecular weight excluding hydrogens is 386 g/mol. The molecular formula is C26H48N3O2+. The summed E-state index contributed by atoms with van der Waals surface area (Å²) in [6.45, 7) is 4.07. The Balaban J connectivity index is 1.96. The van der Waals surface area contributed by atoms with Crippen LogP contribution in [0, 0.1) is 0 Å². The summed E-state index contributed by atoms with van der Waals surface area (Å²) in [4.78, 5) is 15.7. The molecule has 0 aromatic carbocycles. The van der Waals surface area contributed by atoms with Crippen LogP contribution in [-0.4, -0.2) is 34.1 Å². The molecule has 5 nitrogen and oxygen atoms in total. The van der Waals surface area contributed by atoms with Gasteiger partial charge in [0.15, 0.2) is 6.54 Å². The van der Waals surface area contributed by atoms with Crippen molar-refractivity contribution in [2.45, 2.75) is 123 Å². The molecule has 0 spiro atoms. The maximum Gasteiger partial charge on any atom is 0.360 e. The summed E-state index contributed by atoms with van der Waals surface area (Å²) in [6.07, 6.45) is 28.3. The Morgan fingerprint density at radius 1 is 0.968 bits per heavy atom. The number of rotatable bonds is 20. The Labute approximate surface area is 191 Å². The summed E-state index contributed by atoms with van der Waals surface area (Å²) in [5, 5.41) is 9.26. The van der Waals surface area contributed by atoms with E-state index in [1.54, 1.807) is 6.20 Å². The average molecular weight is 435 g/mol. The molecule has 3 N–H and O–H groups in total. The fourth-order valence-corrected chi connectivity index (χ4v) is 4.30. The van der Waals surface area contributed by atoms with E-state index in [1.807, 2.05) is 13.1 Å². The smallest absolute Gasteiger partial charge is 0.360 e. The first-order valence-electron chi connectivity index (χ1n) is 12.8. The van der Waals surface area contributed by atoms with Gasteiger partial charge in [0.1, 0.15) is 12.4 Å². The van der Waals surface area contributed by atoms with E-state index in [0.717, 1.165) is 18.7 Å². The minimum atomic E-state index is -0.837. The van der Waals surface area contributed by atoms with E-state index < -0.39 is 5.97 Å². The monoisotopic (exact) mass is 434 g/mol. The van der Waals surface area contributed by atoms with Gasteiger partial charge in [-0.2, -0.15) is 0 Å². The third kappa shape index (κ3) is 11.6. The Morgan fingerprint density at radius 2 is 1.48 bits per heavy atom. The zero-order valence-corrected chi connectivity index (χ0v) is 20.2. The van der Waals surface area contributed by atoms with E-state index in [2.05, 4.69) is 24.1 Å². The first-order valence-corrected chi connectivity index (χ1v) is 12.8. The van der Waals surface area contributed by atoms with Crippen molar-refractivity contribution in [2.24, 2.45) is 10.7 Å². The highest BCUT2D eigenvalue weighted by Crippen LogP contribution is 2.23. The van der Waals surface area contributed by atoms with Crippen LogP contribution in [0.15, 0.2) is 29.5 Å². The van der Waals surface area contributed by atoms with Gasteiger partial charge in [0.05, 0.1) is 6.20 Å². The molecule has 31 heavy (non-hydrogen) atoms. The molecule has 0 aromatic heterocycles. The Hall–Kier alpha value is -1.46. The molecule has 0 bridgehead atoms. The number of nitrogens with two attached hydrogens (primary N) is 1. The van der Waals surface area contributed by atoms with Gasteiger partial charge < -0.3 is 5.11 Å². The molecule has 5 heteroatoms. The molecule has 2 unspecified atom stereocenters. The lowest BCUT2D eigenvalue weighted by Gasteiger charge is -2.34. The number of carboxylic acids is 1. The number of carboxylic acid groups (broad SMARTS) is 1. The number of hydrogen-bond donors (Lipinski definition) is 2. The Bertz CT molecular complexity index is 569. The summed E-state index contributed by atoms with van der Waals surface area (Å²) >= 11 is 0. The third-order valence-electron chi connectivity index (χ3n) is 6.30. The van der Waals surface area contributed by atoms with Gasteiger partial charge in [-0.1, -0.05) is 89.7 Å². The highest BCUT2D eigenvalue weighted by Gasteiger charge is 2.40. The lowest BCUT2D eigenvalue weighted by atomic mass is 10.0. The van der Waals surface area contributed by atoms with Crippen LogP contribution in [0.2, 0.25) is 0 Å². The molecule has 0 saturated carbocycles. The second kappa shape index (κ2) is 17.1. The highest BCUT2D eigenvalue weighted by atomic mass is 16.4. The second-order valence-corrected chi connectivity index (χ2v) is 9.11. The topological polar surface area (TPSA) is 75.7 Å². The maximum absolute atomic E-state index is 11.3. The van der Waals surface area contributed by atoms with Crippen LogP contribution in [0.5, 0.6) is 0 Å². The summed E-state index contributed by atoms with van der Waals surface area (Å²) in [6, 6.07) is 0. The van der Waals surface area contributed by atoms with Crippen LogP contribution in [0.3, 0.4) is 0 Å². The molecule has 0 radical (unpaired) electrons. The molecule has 1 aliphatic heterocycles. The molecule has 1 heterocycles. The van der Waals surface area contributed by atoms with Gasteiger partial charge in [0.2, 0.25) is 5.84 Å². The van der Waals surface area contributed by atoms with Gasteiger partial charge in [-0.15, -0.1) is 0 Å². The highest BCUT2D eigenvalue weighted by molar-refractivity contribution is 5.81. The molecule has 178 valence electrons. The minimum absolute atomic E-state index is 0.0248. The lowest BCUT2D eigenvalue weighted by molar-refractivity contribution is -0.805. The summed E-state index contributed by atoms with van der Waals surface area (Å²) in [5.74, 6) is 0.0606. The van der Waals surface area contributed by atoms with Gasteiger partial charge >= 0.3 is 5.97 Å². The largest absolute Gasteiger partial charge is 0.477 e. The Morgan fingerprint density at radius 3 is 2.00 bits per heavy atom. The van der Waals surface area contributed by atoms with E-state index in [-0.39, 0.29) is 17.2 Å². The first kappa shape index (κ1) is 27.6. The van der Waals surface area contributed by atoms with E-state index in [0.29, 0.717) is 0 Å². The number of amidine groups is 1. The lowest BCUT2D eigenvalue weighted by Crippen LogP contribution is -2.59. The summed E-state index contributed by atoms with van der Waals surface area (Å²) in [5.41, 5.74) is 6.11. The number of hydrogen-bond acceptors (Lipinski definition) is 3. The zero-order valence-electron chi connectivity index (χ0n) is 20.2. The molecule has 0 aromatic rings. The molecule has 1 aliphatic rings. The first-order chi connectivity index (χ1) is 15.0. The normalized spacial score (nSPS) is 19.3. The minimum Gasteiger partial charge on any atom is -0.477 e. The zero-order chi connectivity index (χ0) is 22.8. The van der Waals surface area contributed by atoms with Crippen LogP contribution in [0.4, 0.5) is 0 Å². The number of allylic oxidation sites excluding steroid dienone is 2. The molecule has 0 fully saturated rings. The van der Waals surface area contributed by atoms with Crippen molar-refractivity contribution in [3.8, 4) is 0 Å². The van der Waals surface area contributed by atoms with Gasteiger partial charge in [-0.25, -0.2) is 14.3 Å². The van der Waals surface area contributed by atoms with Gasteiger partial charge in [-0.3, -0.25) is 5.73 Å². The van der Waals surface area contributed by atoms with Crippen molar-refractivity contribution in [3.63, 3.8) is 0 Å². The van der Waals surface area contributed by atoms with Crippen LogP contribution in [0.25, 0.3) is 0 Å². The SMILES string of the molecule is CCC/C=C/CCCCCCCCCCCCCCC1=NC=C[N+]1(CC(=O)O)C(C)N. The molecule has 0 aliphatic carbocycles. The second-order valence-electron chi connectivity index (χ2n) is 9.11. The average Bonchev–Trinajstić information content (AvgIpc) is 3.13. The molecule has 1 rings (SSSR count). The van der Waals surface area contributed by atoms with E-state index in [1.165, 1.54) is 89.9 Å². The van der Waals surface area contributed by atoms with Crippen molar-refractivity contribution in [2.75, 3.05) is 6.54 Å². The van der Waals surface area contributed by atoms with Crippen LogP contribution < -0.4 is 5.73 Å². The van der Waals surface area contributed by atoms with Crippen molar-refractivity contribution < 1.29 is 14.4 Å². The van der Waals surface area contributed by atoms with Crippen LogP contribution in [0.1, 0.15) is 117 Å². The van der Waals surface area contributed by atoms with Crippen molar-refractivity contribution >= 4 is 11.8 Å². The maximum atomic E-state index is 11.3. The van der Waals surface area contributed by atoms with Gasteiger partial charge in [0, 0.05) is 13.3 Å². The molecule has 0 saturated heterocycles. The van der Waals surface area contributed by atoms with Crippen molar-refractivity contribution in [1.82, 2.24) is 0 Å². The van der Waals surface area contributed by atoms with Crippen molar-refractivity contribution in [3.05, 3.63) is 24.6 Å². The number of unbranched alkanes of at least 4 members (excludes halogenated alkanes) is 13. The number of carbonyl (C=O) groups is 1. The fraction of sp³-hybridized carbons (Fsp3) is 0.769. The van der Waals surface area contributed by atoms with Crippen LogP contribution in [-0.2, 0) is 4.79 Å². The molecule has 2 atom stereocenters. The predicted octanol–water partition coefficient (Wildman–Crippen LogP) is 6.89. The predicted molar refractivity (Wildman–Crippen MR) is 132 cm³/mol. The van der Waals surface area contributed by atoms with E-state index >= 15 is 0 Å². The number of quaternary nitrogens is 1. The van der Waals surface area contributed by atoms with Gasteiger partial charge in [-0.05, 0) is 25.7 Å². The van der Waals surface area contributed by atoms with Crippen molar-refractivity contribution in [1.29, 1.82) is 0 Å². The summed E-state index contributed by atoms with van der Waals surface area (Å²) < 4.78 is 0.172. The van der Waals surface area contributed by atoms with Crippen LogP contribution >= 0.6 is 0 Å². The quantitative estimate of drug-likeness (QED) is 0.124. The number of aliphatic carboxylic acids is 1. The third-order valence-corrected chi connectivity index (χ3v) is 6.30. The number of aliphatic imine (C=N–C) groups is 1. The fourth-order valence-electron chi connectivity index (χ4n) is 4.30. The summed E-state index contributed by atoms with van der Waals surface area (Å²) in [7, 11) is 0. The van der Waals surface area contributed by atoms with E-state index in [9.17, 15) is 9.90 Å². The van der Waals surface area contributed by atoms with E-state index in [4.69, 9.17) is 5.73 Å². The Kier molecular flexibility index (Phi) is 15.2. The number of nitrogens with zero attached hydrogens (tertiary/aromatic N) is 2. The standard InChI is InChI=1S/C26H47N3O2/c1-3-4-5-6-7-8-9-10-11-12-13-14-15-16-17-18-19-20-25-28-21-22-29(25,24(2)27)23-26(30)31/h5-6,21-22,24H,3-4,7-20,23,27H2,1-2H3/p+1/b6-5+.